The molecule has 1 unspecified atom stereocenters. The van der Waals surface area contributed by atoms with Crippen LogP contribution in [0.3, 0.4) is 0 Å². The molecule has 7 heteroatoms. The van der Waals surface area contributed by atoms with E-state index in [1.165, 1.54) is 5.56 Å². The lowest BCUT2D eigenvalue weighted by molar-refractivity contribution is 0.189. The van der Waals surface area contributed by atoms with Gasteiger partial charge in [-0.1, -0.05) is 18.5 Å². The summed E-state index contributed by atoms with van der Waals surface area (Å²) in [5.41, 5.74) is 2.18. The first-order chi connectivity index (χ1) is 13.0. The van der Waals surface area contributed by atoms with Gasteiger partial charge in [-0.05, 0) is 37.8 Å². The van der Waals surface area contributed by atoms with Crippen molar-refractivity contribution in [3.05, 3.63) is 34.6 Å². The average Bonchev–Trinajstić information content (AvgIpc) is 3.09. The van der Waals surface area contributed by atoms with Crippen LogP contribution < -0.4 is 15.0 Å². The molecule has 0 radical (unpaired) electrons. The highest BCUT2D eigenvalue weighted by atomic mass is 35.5. The number of fused-ring (bicyclic) bond motifs is 1. The summed E-state index contributed by atoms with van der Waals surface area (Å²) in [6.45, 7) is 5.63. The van der Waals surface area contributed by atoms with Crippen LogP contribution >= 0.6 is 11.6 Å². The minimum Gasteiger partial charge on any atom is -0.497 e. The Morgan fingerprint density at radius 3 is 2.78 bits per heavy atom. The minimum absolute atomic E-state index is 0.311. The van der Waals surface area contributed by atoms with Gasteiger partial charge in [0.2, 0.25) is 0 Å². The molecule has 1 N–H and O–H groups in total. The van der Waals surface area contributed by atoms with Gasteiger partial charge in [-0.15, -0.1) is 0 Å². The number of aryl methyl sites for hydroxylation is 1. The maximum absolute atomic E-state index is 6.55. The number of hydrogen-bond acceptors (Lipinski definition) is 6. The van der Waals surface area contributed by atoms with Gasteiger partial charge in [0.05, 0.1) is 17.8 Å². The molecule has 1 atom stereocenters. The molecule has 1 aliphatic heterocycles. The van der Waals surface area contributed by atoms with Crippen LogP contribution in [0.15, 0.2) is 18.2 Å². The second kappa shape index (κ2) is 8.76. The second-order valence-electron chi connectivity index (χ2n) is 6.71. The fourth-order valence-electron chi connectivity index (χ4n) is 3.42. The van der Waals surface area contributed by atoms with Crippen molar-refractivity contribution in [2.45, 2.75) is 39.2 Å². The predicted molar refractivity (Wildman–Crippen MR) is 110 cm³/mol. The molecule has 27 heavy (non-hydrogen) atoms. The van der Waals surface area contributed by atoms with E-state index in [4.69, 9.17) is 21.1 Å². The number of benzene rings is 1. The SMILES string of the molecule is CCC(CCOC)Nc1cc(N2CCc3cc(OC)cc(Cl)c32)nc(C)n1. The highest BCUT2D eigenvalue weighted by Crippen LogP contribution is 2.42. The fraction of sp³-hybridized carbons (Fsp3) is 0.500. The Labute approximate surface area is 165 Å². The molecule has 1 aromatic carbocycles. The van der Waals surface area contributed by atoms with Gasteiger partial charge in [0.15, 0.2) is 0 Å². The summed E-state index contributed by atoms with van der Waals surface area (Å²) in [5, 5.41) is 4.19. The largest absolute Gasteiger partial charge is 0.497 e. The van der Waals surface area contributed by atoms with Gasteiger partial charge in [0, 0.05) is 38.4 Å². The van der Waals surface area contributed by atoms with E-state index in [-0.39, 0.29) is 0 Å². The summed E-state index contributed by atoms with van der Waals surface area (Å²) in [7, 11) is 3.38. The second-order valence-corrected chi connectivity index (χ2v) is 7.12. The van der Waals surface area contributed by atoms with E-state index in [0.717, 1.165) is 61.3 Å². The Bertz CT molecular complexity index is 800. The lowest BCUT2D eigenvalue weighted by Crippen LogP contribution is -2.22. The monoisotopic (exact) mass is 390 g/mol. The first-order valence-electron chi connectivity index (χ1n) is 9.30. The summed E-state index contributed by atoms with van der Waals surface area (Å²) in [4.78, 5) is 11.4. The van der Waals surface area contributed by atoms with Crippen LogP contribution in [0, 0.1) is 6.92 Å². The Morgan fingerprint density at radius 2 is 2.07 bits per heavy atom. The Morgan fingerprint density at radius 1 is 1.26 bits per heavy atom. The van der Waals surface area contributed by atoms with E-state index < -0.39 is 0 Å². The maximum atomic E-state index is 6.55. The number of anilines is 3. The molecule has 6 nitrogen and oxygen atoms in total. The van der Waals surface area contributed by atoms with E-state index in [0.29, 0.717) is 11.1 Å². The van der Waals surface area contributed by atoms with Crippen molar-refractivity contribution >= 4 is 28.9 Å². The molecule has 0 bridgehead atoms. The molecule has 0 saturated heterocycles. The number of nitrogens with one attached hydrogen (secondary N) is 1. The highest BCUT2D eigenvalue weighted by Gasteiger charge is 2.26. The summed E-state index contributed by atoms with van der Waals surface area (Å²) in [6, 6.07) is 6.21. The van der Waals surface area contributed by atoms with Crippen LogP contribution in [-0.4, -0.2) is 43.4 Å². The summed E-state index contributed by atoms with van der Waals surface area (Å²) >= 11 is 6.55. The van der Waals surface area contributed by atoms with Crippen LogP contribution in [0.1, 0.15) is 31.2 Å². The molecule has 2 heterocycles. The molecule has 0 saturated carbocycles. The molecule has 0 amide bonds. The van der Waals surface area contributed by atoms with Crippen molar-refractivity contribution in [3.8, 4) is 5.75 Å². The number of halogens is 1. The van der Waals surface area contributed by atoms with Crippen LogP contribution in [0.5, 0.6) is 5.75 Å². The van der Waals surface area contributed by atoms with Crippen molar-refractivity contribution < 1.29 is 9.47 Å². The third-order valence-corrected chi connectivity index (χ3v) is 5.13. The van der Waals surface area contributed by atoms with Crippen molar-refractivity contribution in [1.82, 2.24) is 9.97 Å². The smallest absolute Gasteiger partial charge is 0.138 e. The summed E-state index contributed by atoms with van der Waals surface area (Å²) < 4.78 is 10.5. The molecular weight excluding hydrogens is 364 g/mol. The first-order valence-corrected chi connectivity index (χ1v) is 9.68. The predicted octanol–water partition coefficient (Wildman–Crippen LogP) is 4.37. The molecule has 1 aliphatic rings. The zero-order valence-electron chi connectivity index (χ0n) is 16.4. The third-order valence-electron chi connectivity index (χ3n) is 4.84. The van der Waals surface area contributed by atoms with Crippen molar-refractivity contribution in [3.63, 3.8) is 0 Å². The lowest BCUT2D eigenvalue weighted by Gasteiger charge is -2.22. The van der Waals surface area contributed by atoms with E-state index in [2.05, 4.69) is 27.1 Å². The summed E-state index contributed by atoms with van der Waals surface area (Å²) in [5.74, 6) is 3.20. The lowest BCUT2D eigenvalue weighted by atomic mass is 10.1. The van der Waals surface area contributed by atoms with Crippen LogP contribution in [0.4, 0.5) is 17.3 Å². The molecule has 3 rings (SSSR count). The number of methoxy groups -OCH3 is 2. The number of rotatable bonds is 8. The van der Waals surface area contributed by atoms with Crippen LogP contribution in [-0.2, 0) is 11.2 Å². The van der Waals surface area contributed by atoms with Crippen molar-refractivity contribution in [1.29, 1.82) is 0 Å². The third kappa shape index (κ3) is 4.45. The van der Waals surface area contributed by atoms with Gasteiger partial charge in [-0.2, -0.15) is 0 Å². The summed E-state index contributed by atoms with van der Waals surface area (Å²) in [6.07, 6.45) is 2.84. The van der Waals surface area contributed by atoms with Gasteiger partial charge in [-0.25, -0.2) is 9.97 Å². The molecule has 146 valence electrons. The van der Waals surface area contributed by atoms with Crippen LogP contribution in [0.2, 0.25) is 5.02 Å². The van der Waals surface area contributed by atoms with E-state index >= 15 is 0 Å². The van der Waals surface area contributed by atoms with Crippen molar-refractivity contribution in [2.24, 2.45) is 0 Å². The Balaban J connectivity index is 1.88. The van der Waals surface area contributed by atoms with Gasteiger partial charge in [0.25, 0.3) is 0 Å². The first kappa shape index (κ1) is 19.7. The molecular formula is C20H27ClN4O2. The van der Waals surface area contributed by atoms with Crippen LogP contribution in [0.25, 0.3) is 0 Å². The normalized spacial score (nSPS) is 14.2. The quantitative estimate of drug-likeness (QED) is 0.722. The number of aromatic nitrogens is 2. The number of hydrogen-bond donors (Lipinski definition) is 1. The standard InChI is InChI=1S/C20H27ClN4O2/c1-5-15(7-9-26-3)24-18-12-19(23-13(2)22-18)25-8-6-14-10-16(27-4)11-17(21)20(14)25/h10-12,15H,5-9H2,1-4H3,(H,22,23,24). The molecule has 0 aliphatic carbocycles. The zero-order valence-corrected chi connectivity index (χ0v) is 17.1. The van der Waals surface area contributed by atoms with Gasteiger partial charge in [0.1, 0.15) is 23.2 Å². The fourth-order valence-corrected chi connectivity index (χ4v) is 3.75. The van der Waals surface area contributed by atoms with Crippen molar-refractivity contribution in [2.75, 3.05) is 37.6 Å². The topological polar surface area (TPSA) is 59.5 Å². The van der Waals surface area contributed by atoms with Gasteiger partial charge < -0.3 is 19.7 Å². The Kier molecular flexibility index (Phi) is 6.39. The van der Waals surface area contributed by atoms with Gasteiger partial charge in [-0.3, -0.25) is 0 Å². The molecule has 0 fully saturated rings. The highest BCUT2D eigenvalue weighted by molar-refractivity contribution is 6.33. The zero-order chi connectivity index (χ0) is 19.4. The molecule has 0 spiro atoms. The maximum Gasteiger partial charge on any atom is 0.138 e. The minimum atomic E-state index is 0.311. The van der Waals surface area contributed by atoms with E-state index in [1.807, 2.05) is 25.1 Å². The Hall–Kier alpha value is -2.05. The average molecular weight is 391 g/mol. The molecule has 2 aromatic rings. The van der Waals surface area contributed by atoms with E-state index in [1.54, 1.807) is 14.2 Å². The van der Waals surface area contributed by atoms with E-state index in [9.17, 15) is 0 Å². The number of ether oxygens (including phenoxy) is 2. The number of nitrogens with zero attached hydrogens (tertiary/aromatic N) is 3. The van der Waals surface area contributed by atoms with Gasteiger partial charge >= 0.3 is 0 Å². The molecule has 1 aromatic heterocycles.